The van der Waals surface area contributed by atoms with Gasteiger partial charge >= 0.3 is 0 Å². The summed E-state index contributed by atoms with van der Waals surface area (Å²) in [6.45, 7) is 4.23. The lowest BCUT2D eigenvalue weighted by Gasteiger charge is -2.16. The number of amides is 1. The van der Waals surface area contributed by atoms with Crippen LogP contribution in [0.1, 0.15) is 38.7 Å². The van der Waals surface area contributed by atoms with Crippen LogP contribution < -0.4 is 11.1 Å². The molecular formula is C14H22N2O. The molecule has 17 heavy (non-hydrogen) atoms. The van der Waals surface area contributed by atoms with Crippen molar-refractivity contribution in [2.24, 2.45) is 0 Å². The van der Waals surface area contributed by atoms with Crippen molar-refractivity contribution in [1.29, 1.82) is 0 Å². The van der Waals surface area contributed by atoms with Gasteiger partial charge in [0.05, 0.1) is 6.42 Å². The van der Waals surface area contributed by atoms with E-state index in [1.54, 1.807) is 0 Å². The standard InChI is InChI=1S/C14H22N2O/c1-3-5-13(4-2)16-14(17)10-11-6-8-12(15)9-7-11/h6-9,13H,3-5,10,15H2,1-2H3,(H,16,17). The minimum Gasteiger partial charge on any atom is -0.399 e. The third-order valence-corrected chi connectivity index (χ3v) is 2.84. The molecule has 0 spiro atoms. The summed E-state index contributed by atoms with van der Waals surface area (Å²) in [5.74, 6) is 0.0927. The second kappa shape index (κ2) is 6.94. The zero-order chi connectivity index (χ0) is 12.7. The van der Waals surface area contributed by atoms with Crippen LogP contribution >= 0.6 is 0 Å². The van der Waals surface area contributed by atoms with Crippen LogP contribution in [0.4, 0.5) is 5.69 Å². The maximum Gasteiger partial charge on any atom is 0.224 e. The second-order valence-corrected chi connectivity index (χ2v) is 4.38. The highest BCUT2D eigenvalue weighted by molar-refractivity contribution is 5.78. The highest BCUT2D eigenvalue weighted by atomic mass is 16.1. The molecule has 0 aliphatic rings. The topological polar surface area (TPSA) is 55.1 Å². The molecule has 1 atom stereocenters. The number of nitrogen functional groups attached to an aromatic ring is 1. The summed E-state index contributed by atoms with van der Waals surface area (Å²) in [4.78, 5) is 11.8. The van der Waals surface area contributed by atoms with Crippen LogP contribution in [0.3, 0.4) is 0 Å². The van der Waals surface area contributed by atoms with Crippen molar-refractivity contribution in [3.63, 3.8) is 0 Å². The van der Waals surface area contributed by atoms with E-state index in [-0.39, 0.29) is 5.91 Å². The van der Waals surface area contributed by atoms with Crippen LogP contribution in [-0.2, 0) is 11.2 Å². The highest BCUT2D eigenvalue weighted by Crippen LogP contribution is 2.07. The normalized spacial score (nSPS) is 12.1. The van der Waals surface area contributed by atoms with Gasteiger partial charge in [0.2, 0.25) is 5.91 Å². The van der Waals surface area contributed by atoms with E-state index in [9.17, 15) is 4.79 Å². The van der Waals surface area contributed by atoms with Crippen molar-refractivity contribution in [3.05, 3.63) is 29.8 Å². The smallest absolute Gasteiger partial charge is 0.224 e. The minimum atomic E-state index is 0.0927. The molecule has 1 aromatic carbocycles. The third kappa shape index (κ3) is 4.89. The van der Waals surface area contributed by atoms with E-state index in [1.165, 1.54) is 0 Å². The van der Waals surface area contributed by atoms with Crippen LogP contribution in [-0.4, -0.2) is 11.9 Å². The highest BCUT2D eigenvalue weighted by Gasteiger charge is 2.09. The molecule has 1 unspecified atom stereocenters. The fourth-order valence-corrected chi connectivity index (χ4v) is 1.83. The van der Waals surface area contributed by atoms with Gasteiger partial charge < -0.3 is 11.1 Å². The molecule has 0 aromatic heterocycles. The van der Waals surface area contributed by atoms with Crippen LogP contribution in [0.5, 0.6) is 0 Å². The van der Waals surface area contributed by atoms with Gasteiger partial charge in [0.25, 0.3) is 0 Å². The maximum atomic E-state index is 11.8. The Balaban J connectivity index is 2.46. The fourth-order valence-electron chi connectivity index (χ4n) is 1.83. The van der Waals surface area contributed by atoms with Gasteiger partial charge in [-0.1, -0.05) is 32.4 Å². The average molecular weight is 234 g/mol. The quantitative estimate of drug-likeness (QED) is 0.743. The van der Waals surface area contributed by atoms with Gasteiger partial charge in [0.15, 0.2) is 0 Å². The largest absolute Gasteiger partial charge is 0.399 e. The molecule has 3 nitrogen and oxygen atoms in total. The monoisotopic (exact) mass is 234 g/mol. The lowest BCUT2D eigenvalue weighted by atomic mass is 10.1. The summed E-state index contributed by atoms with van der Waals surface area (Å²) >= 11 is 0. The molecular weight excluding hydrogens is 212 g/mol. The molecule has 0 heterocycles. The molecule has 3 heteroatoms. The molecule has 0 saturated heterocycles. The van der Waals surface area contributed by atoms with Gasteiger partial charge in [-0.3, -0.25) is 4.79 Å². The van der Waals surface area contributed by atoms with Crippen LogP contribution in [0.15, 0.2) is 24.3 Å². The first kappa shape index (κ1) is 13.6. The average Bonchev–Trinajstić information content (AvgIpc) is 2.31. The lowest BCUT2D eigenvalue weighted by molar-refractivity contribution is -0.121. The molecule has 0 aliphatic heterocycles. The number of anilines is 1. The summed E-state index contributed by atoms with van der Waals surface area (Å²) in [6, 6.07) is 7.75. The third-order valence-electron chi connectivity index (χ3n) is 2.84. The maximum absolute atomic E-state index is 11.8. The Kier molecular flexibility index (Phi) is 5.53. The molecule has 0 aliphatic carbocycles. The van der Waals surface area contributed by atoms with Crippen LogP contribution in [0, 0.1) is 0 Å². The number of hydrogen-bond acceptors (Lipinski definition) is 2. The van der Waals surface area contributed by atoms with E-state index in [2.05, 4.69) is 19.2 Å². The van der Waals surface area contributed by atoms with Crippen molar-refractivity contribution < 1.29 is 4.79 Å². The van der Waals surface area contributed by atoms with Gasteiger partial charge in [0.1, 0.15) is 0 Å². The number of carbonyl (C=O) groups excluding carboxylic acids is 1. The molecule has 0 fully saturated rings. The van der Waals surface area contributed by atoms with E-state index in [4.69, 9.17) is 5.73 Å². The zero-order valence-electron chi connectivity index (χ0n) is 10.7. The Morgan fingerprint density at radius 3 is 2.47 bits per heavy atom. The molecule has 0 radical (unpaired) electrons. The minimum absolute atomic E-state index is 0.0927. The summed E-state index contributed by atoms with van der Waals surface area (Å²) < 4.78 is 0. The Morgan fingerprint density at radius 2 is 1.94 bits per heavy atom. The Bertz CT molecular complexity index is 346. The predicted octanol–water partition coefficient (Wildman–Crippen LogP) is 2.51. The van der Waals surface area contributed by atoms with Crippen LogP contribution in [0.2, 0.25) is 0 Å². The summed E-state index contributed by atoms with van der Waals surface area (Å²) in [5.41, 5.74) is 7.33. The second-order valence-electron chi connectivity index (χ2n) is 4.38. The van der Waals surface area contributed by atoms with Gasteiger partial charge in [0, 0.05) is 11.7 Å². The van der Waals surface area contributed by atoms with Crippen molar-refractivity contribution in [3.8, 4) is 0 Å². The molecule has 1 rings (SSSR count). The van der Waals surface area contributed by atoms with E-state index in [0.717, 1.165) is 30.5 Å². The van der Waals surface area contributed by atoms with E-state index in [0.29, 0.717) is 12.5 Å². The summed E-state index contributed by atoms with van der Waals surface area (Å²) in [7, 11) is 0. The van der Waals surface area contributed by atoms with E-state index < -0.39 is 0 Å². The number of nitrogens with one attached hydrogen (secondary N) is 1. The van der Waals surface area contributed by atoms with Crippen molar-refractivity contribution in [2.45, 2.75) is 45.6 Å². The fraction of sp³-hybridized carbons (Fsp3) is 0.500. The Labute approximate surface area is 103 Å². The Morgan fingerprint density at radius 1 is 1.29 bits per heavy atom. The lowest BCUT2D eigenvalue weighted by Crippen LogP contribution is -2.35. The van der Waals surface area contributed by atoms with Gasteiger partial charge in [-0.25, -0.2) is 0 Å². The first-order chi connectivity index (χ1) is 8.15. The molecule has 0 saturated carbocycles. The first-order valence-corrected chi connectivity index (χ1v) is 6.29. The SMILES string of the molecule is CCCC(CC)NC(=O)Cc1ccc(N)cc1. The number of rotatable bonds is 6. The van der Waals surface area contributed by atoms with Crippen molar-refractivity contribution in [2.75, 3.05) is 5.73 Å². The molecule has 3 N–H and O–H groups in total. The number of nitrogens with two attached hydrogens (primary N) is 1. The van der Waals surface area contributed by atoms with Crippen molar-refractivity contribution >= 4 is 11.6 Å². The molecule has 94 valence electrons. The Hall–Kier alpha value is -1.51. The summed E-state index contributed by atoms with van der Waals surface area (Å²) in [5, 5.41) is 3.06. The molecule has 0 bridgehead atoms. The van der Waals surface area contributed by atoms with Gasteiger partial charge in [-0.2, -0.15) is 0 Å². The number of carbonyl (C=O) groups is 1. The van der Waals surface area contributed by atoms with E-state index >= 15 is 0 Å². The summed E-state index contributed by atoms with van der Waals surface area (Å²) in [6.07, 6.45) is 3.56. The van der Waals surface area contributed by atoms with Crippen molar-refractivity contribution in [1.82, 2.24) is 5.32 Å². The van der Waals surface area contributed by atoms with Gasteiger partial charge in [-0.05, 0) is 30.5 Å². The first-order valence-electron chi connectivity index (χ1n) is 6.29. The molecule has 1 aromatic rings. The molecule has 1 amide bonds. The van der Waals surface area contributed by atoms with Gasteiger partial charge in [-0.15, -0.1) is 0 Å². The van der Waals surface area contributed by atoms with E-state index in [1.807, 2.05) is 24.3 Å². The number of hydrogen-bond donors (Lipinski definition) is 2. The number of benzene rings is 1. The van der Waals surface area contributed by atoms with Crippen LogP contribution in [0.25, 0.3) is 0 Å². The zero-order valence-corrected chi connectivity index (χ0v) is 10.7. The predicted molar refractivity (Wildman–Crippen MR) is 71.7 cm³/mol.